The smallest absolute Gasteiger partial charge is 0.258 e. The maximum Gasteiger partial charge on any atom is 0.258 e. The summed E-state index contributed by atoms with van der Waals surface area (Å²) >= 11 is 1.51. The molecule has 2 aliphatic heterocycles. The third kappa shape index (κ3) is 3.88. The summed E-state index contributed by atoms with van der Waals surface area (Å²) in [6.45, 7) is 4.86. The first-order valence-electron chi connectivity index (χ1n) is 9.58. The number of methoxy groups -OCH3 is 1. The second-order valence-electron chi connectivity index (χ2n) is 7.65. The maximum absolute atomic E-state index is 12.8. The molecule has 144 valence electrons. The Bertz CT molecular complexity index is 765. The van der Waals surface area contributed by atoms with E-state index in [4.69, 9.17) is 10.5 Å². The molecule has 2 unspecified atom stereocenters. The van der Waals surface area contributed by atoms with Crippen LogP contribution in [-0.4, -0.2) is 55.5 Å². The molecule has 2 fully saturated rings. The molecule has 4 rings (SSSR count). The molecule has 0 radical (unpaired) electrons. The average Bonchev–Trinajstić information content (AvgIpc) is 3.40. The van der Waals surface area contributed by atoms with Gasteiger partial charge >= 0.3 is 0 Å². The first-order valence-corrected chi connectivity index (χ1v) is 10.5. The zero-order chi connectivity index (χ0) is 18.8. The first-order chi connectivity index (χ1) is 13.2. The molecule has 1 aromatic carbocycles. The number of thiophene rings is 1. The summed E-state index contributed by atoms with van der Waals surface area (Å²) < 4.78 is 5.31. The van der Waals surface area contributed by atoms with Crippen molar-refractivity contribution >= 4 is 17.2 Å². The van der Waals surface area contributed by atoms with Gasteiger partial charge in [-0.1, -0.05) is 30.3 Å². The quantitative estimate of drug-likeness (QED) is 0.831. The number of amides is 1. The fourth-order valence-electron chi connectivity index (χ4n) is 4.40. The minimum atomic E-state index is 0.0933. The number of hydrogen-bond donors (Lipinski definition) is 1. The molecular formula is C21H27N3O2S. The molecule has 0 bridgehead atoms. The Labute approximate surface area is 164 Å². The Morgan fingerprint density at radius 2 is 1.89 bits per heavy atom. The topological polar surface area (TPSA) is 58.8 Å². The Morgan fingerprint density at radius 3 is 2.56 bits per heavy atom. The van der Waals surface area contributed by atoms with E-state index in [1.54, 1.807) is 7.11 Å². The lowest BCUT2D eigenvalue weighted by Crippen LogP contribution is -2.34. The molecule has 5 nitrogen and oxygen atoms in total. The van der Waals surface area contributed by atoms with Crippen LogP contribution >= 0.6 is 11.3 Å². The Morgan fingerprint density at radius 1 is 1.19 bits per heavy atom. The lowest BCUT2D eigenvalue weighted by atomic mass is 10.0. The summed E-state index contributed by atoms with van der Waals surface area (Å²) in [5.41, 5.74) is 8.25. The predicted molar refractivity (Wildman–Crippen MR) is 108 cm³/mol. The van der Waals surface area contributed by atoms with Crippen molar-refractivity contribution in [2.24, 2.45) is 17.6 Å². The molecule has 0 spiro atoms. The third-order valence-corrected chi connectivity index (χ3v) is 6.63. The number of hydrogen-bond acceptors (Lipinski definition) is 5. The van der Waals surface area contributed by atoms with E-state index in [1.165, 1.54) is 16.9 Å². The molecular weight excluding hydrogens is 358 g/mol. The van der Waals surface area contributed by atoms with E-state index in [2.05, 4.69) is 17.0 Å². The lowest BCUT2D eigenvalue weighted by Gasteiger charge is -2.23. The molecule has 2 saturated heterocycles. The highest BCUT2D eigenvalue weighted by Gasteiger charge is 2.42. The van der Waals surface area contributed by atoms with Gasteiger partial charge in [-0.2, -0.15) is 0 Å². The SMILES string of the molecule is COc1cscc1C(=O)N1CC2CN(CC[C@H](N)c3ccccc3)CC2C1. The van der Waals surface area contributed by atoms with Gasteiger partial charge in [-0.15, -0.1) is 11.3 Å². The molecule has 0 saturated carbocycles. The third-order valence-electron chi connectivity index (χ3n) is 5.91. The second-order valence-corrected chi connectivity index (χ2v) is 8.39. The van der Waals surface area contributed by atoms with Gasteiger partial charge in [-0.25, -0.2) is 0 Å². The van der Waals surface area contributed by atoms with Crippen LogP contribution in [0.4, 0.5) is 0 Å². The average molecular weight is 386 g/mol. The number of fused-ring (bicyclic) bond motifs is 1. The van der Waals surface area contributed by atoms with Crippen molar-refractivity contribution in [3.63, 3.8) is 0 Å². The van der Waals surface area contributed by atoms with E-state index in [1.807, 2.05) is 33.9 Å². The van der Waals surface area contributed by atoms with Crippen LogP contribution in [0.15, 0.2) is 41.1 Å². The Kier molecular flexibility index (Phi) is 5.48. The van der Waals surface area contributed by atoms with Gasteiger partial charge in [0.1, 0.15) is 5.75 Å². The number of ether oxygens (including phenoxy) is 1. The van der Waals surface area contributed by atoms with Crippen LogP contribution in [0.2, 0.25) is 0 Å². The van der Waals surface area contributed by atoms with Crippen LogP contribution in [0.25, 0.3) is 0 Å². The van der Waals surface area contributed by atoms with E-state index in [0.717, 1.165) is 39.1 Å². The van der Waals surface area contributed by atoms with E-state index in [-0.39, 0.29) is 11.9 Å². The zero-order valence-electron chi connectivity index (χ0n) is 15.7. The van der Waals surface area contributed by atoms with Gasteiger partial charge in [0, 0.05) is 43.0 Å². The number of carbonyl (C=O) groups is 1. The largest absolute Gasteiger partial charge is 0.495 e. The molecule has 1 amide bonds. The minimum absolute atomic E-state index is 0.0933. The molecule has 27 heavy (non-hydrogen) atoms. The van der Waals surface area contributed by atoms with E-state index in [9.17, 15) is 4.79 Å². The zero-order valence-corrected chi connectivity index (χ0v) is 16.5. The summed E-state index contributed by atoms with van der Waals surface area (Å²) in [4.78, 5) is 17.3. The molecule has 2 aromatic rings. The fourth-order valence-corrected chi connectivity index (χ4v) is 5.16. The lowest BCUT2D eigenvalue weighted by molar-refractivity contribution is 0.0771. The highest BCUT2D eigenvalue weighted by molar-refractivity contribution is 7.08. The van der Waals surface area contributed by atoms with Gasteiger partial charge in [0.15, 0.2) is 0 Å². The first kappa shape index (κ1) is 18.5. The number of rotatable bonds is 6. The Balaban J connectivity index is 1.28. The van der Waals surface area contributed by atoms with Crippen molar-refractivity contribution in [3.8, 4) is 5.75 Å². The molecule has 0 aliphatic carbocycles. The van der Waals surface area contributed by atoms with Gasteiger partial charge in [-0.05, 0) is 30.4 Å². The van der Waals surface area contributed by atoms with Gasteiger partial charge in [0.05, 0.1) is 12.7 Å². The van der Waals surface area contributed by atoms with Crippen molar-refractivity contribution in [2.75, 3.05) is 39.8 Å². The van der Waals surface area contributed by atoms with Gasteiger partial charge in [0.2, 0.25) is 0 Å². The highest BCUT2D eigenvalue weighted by Crippen LogP contribution is 2.34. The summed E-state index contributed by atoms with van der Waals surface area (Å²) in [6, 6.07) is 10.4. The molecule has 3 atom stereocenters. The number of carbonyl (C=O) groups excluding carboxylic acids is 1. The maximum atomic E-state index is 12.8. The van der Waals surface area contributed by atoms with E-state index >= 15 is 0 Å². The summed E-state index contributed by atoms with van der Waals surface area (Å²) in [6.07, 6.45) is 0.970. The van der Waals surface area contributed by atoms with Crippen LogP contribution in [0.3, 0.4) is 0 Å². The van der Waals surface area contributed by atoms with Crippen molar-refractivity contribution in [3.05, 3.63) is 52.2 Å². The second kappa shape index (κ2) is 8.00. The molecule has 2 aliphatic rings. The van der Waals surface area contributed by atoms with Gasteiger partial charge in [0.25, 0.3) is 5.91 Å². The molecule has 1 aromatic heterocycles. The summed E-state index contributed by atoms with van der Waals surface area (Å²) in [7, 11) is 1.62. The number of likely N-dealkylation sites (tertiary alicyclic amines) is 2. The normalized spacial score (nSPS) is 23.4. The number of benzene rings is 1. The van der Waals surface area contributed by atoms with Crippen molar-refractivity contribution in [1.82, 2.24) is 9.80 Å². The van der Waals surface area contributed by atoms with Crippen LogP contribution in [-0.2, 0) is 0 Å². The minimum Gasteiger partial charge on any atom is -0.495 e. The molecule has 2 N–H and O–H groups in total. The monoisotopic (exact) mass is 385 g/mol. The standard InChI is InChI=1S/C21H27N3O2S/c1-26-20-14-27-13-18(20)21(25)24-11-16-9-23(10-17(16)12-24)8-7-19(22)15-5-3-2-4-6-15/h2-6,13-14,16-17,19H,7-12,22H2,1H3/t16?,17?,19-/m0/s1. The number of nitrogens with two attached hydrogens (primary N) is 1. The van der Waals surface area contributed by atoms with Gasteiger partial charge in [-0.3, -0.25) is 4.79 Å². The van der Waals surface area contributed by atoms with Crippen molar-refractivity contribution in [1.29, 1.82) is 0 Å². The predicted octanol–water partition coefficient (Wildman–Crippen LogP) is 2.85. The summed E-state index contributed by atoms with van der Waals surface area (Å²) in [5.74, 6) is 1.96. The van der Waals surface area contributed by atoms with Crippen LogP contribution in [0.5, 0.6) is 5.75 Å². The Hall–Kier alpha value is -1.89. The molecule has 6 heteroatoms. The summed E-state index contributed by atoms with van der Waals surface area (Å²) in [5, 5.41) is 3.79. The number of nitrogens with zero attached hydrogens (tertiary/aromatic N) is 2. The van der Waals surface area contributed by atoms with Crippen LogP contribution in [0.1, 0.15) is 28.4 Å². The fraction of sp³-hybridized carbons (Fsp3) is 0.476. The van der Waals surface area contributed by atoms with Crippen LogP contribution < -0.4 is 10.5 Å². The van der Waals surface area contributed by atoms with Crippen molar-refractivity contribution < 1.29 is 9.53 Å². The van der Waals surface area contributed by atoms with Gasteiger partial charge < -0.3 is 20.3 Å². The van der Waals surface area contributed by atoms with Crippen LogP contribution in [0, 0.1) is 11.8 Å². The van der Waals surface area contributed by atoms with E-state index < -0.39 is 0 Å². The van der Waals surface area contributed by atoms with Crippen molar-refractivity contribution in [2.45, 2.75) is 12.5 Å². The van der Waals surface area contributed by atoms with E-state index in [0.29, 0.717) is 23.1 Å². The highest BCUT2D eigenvalue weighted by atomic mass is 32.1. The molecule has 3 heterocycles.